The van der Waals surface area contributed by atoms with Crippen LogP contribution in [0.2, 0.25) is 0 Å². The lowest BCUT2D eigenvalue weighted by molar-refractivity contribution is 0.265. The minimum Gasteiger partial charge on any atom is -0.497 e. The molecular weight excluding hydrogens is 414 g/mol. The number of benzene rings is 2. The molecule has 0 aliphatic carbocycles. The zero-order valence-electron chi connectivity index (χ0n) is 16.1. The summed E-state index contributed by atoms with van der Waals surface area (Å²) in [6.45, 7) is -0.259. The number of aliphatic hydroxyl groups is 1. The molecule has 1 unspecified atom stereocenters. The standard InChI is InChI=1S/C20H23N3O4S.ClH/c1-23-20(28(25,26)17-10-8-16(27-2)9-11-17)18(12-15(21)13-24)19(22-23)14-6-4-3-5-7-14;/h3-11,15,24H,12-13,21H2,1-2H3;1H. The highest BCUT2D eigenvalue weighted by Crippen LogP contribution is 2.32. The minimum absolute atomic E-state index is 0. The van der Waals surface area contributed by atoms with Crippen LogP contribution in [0.15, 0.2) is 64.5 Å². The molecule has 0 saturated carbocycles. The number of ether oxygens (including phenoxy) is 1. The SMILES string of the molecule is COc1ccc(S(=O)(=O)c2c(CC(N)CO)c(-c3ccccc3)nn2C)cc1.Cl. The van der Waals surface area contributed by atoms with Crippen molar-refractivity contribution < 1.29 is 18.3 Å². The number of hydrogen-bond acceptors (Lipinski definition) is 6. The van der Waals surface area contributed by atoms with Crippen LogP contribution in [0.3, 0.4) is 0 Å². The minimum atomic E-state index is -3.86. The Kier molecular flexibility index (Phi) is 7.43. The van der Waals surface area contributed by atoms with Crippen molar-refractivity contribution in [2.24, 2.45) is 12.8 Å². The Morgan fingerprint density at radius 1 is 1.14 bits per heavy atom. The lowest BCUT2D eigenvalue weighted by Crippen LogP contribution is -2.27. The van der Waals surface area contributed by atoms with Crippen LogP contribution in [0.5, 0.6) is 5.75 Å². The molecule has 0 saturated heterocycles. The molecule has 156 valence electrons. The summed E-state index contributed by atoms with van der Waals surface area (Å²) in [6.07, 6.45) is 0.180. The van der Waals surface area contributed by atoms with E-state index in [4.69, 9.17) is 10.5 Å². The number of sulfone groups is 1. The van der Waals surface area contributed by atoms with Gasteiger partial charge in [0, 0.05) is 24.2 Å². The van der Waals surface area contributed by atoms with Crippen molar-refractivity contribution in [2.45, 2.75) is 22.4 Å². The number of halogens is 1. The molecule has 1 heterocycles. The number of aromatic nitrogens is 2. The highest BCUT2D eigenvalue weighted by atomic mass is 35.5. The van der Waals surface area contributed by atoms with Gasteiger partial charge in [-0.15, -0.1) is 12.4 Å². The van der Waals surface area contributed by atoms with E-state index in [1.54, 1.807) is 19.2 Å². The molecule has 3 N–H and O–H groups in total. The lowest BCUT2D eigenvalue weighted by Gasteiger charge is -2.12. The summed E-state index contributed by atoms with van der Waals surface area (Å²) in [5.41, 5.74) is 7.77. The maximum Gasteiger partial charge on any atom is 0.223 e. The Hall–Kier alpha value is -2.39. The molecule has 29 heavy (non-hydrogen) atoms. The smallest absolute Gasteiger partial charge is 0.223 e. The molecular formula is C20H24ClN3O4S. The van der Waals surface area contributed by atoms with Gasteiger partial charge in [-0.3, -0.25) is 4.68 Å². The monoisotopic (exact) mass is 437 g/mol. The molecule has 0 radical (unpaired) electrons. The summed E-state index contributed by atoms with van der Waals surface area (Å²) in [5, 5.41) is 14.0. The molecule has 0 aliphatic heterocycles. The van der Waals surface area contributed by atoms with Crippen molar-refractivity contribution in [1.82, 2.24) is 9.78 Å². The van der Waals surface area contributed by atoms with E-state index in [1.807, 2.05) is 30.3 Å². The largest absolute Gasteiger partial charge is 0.497 e. The Bertz CT molecular complexity index is 1050. The van der Waals surface area contributed by atoms with Crippen LogP contribution in [-0.2, 0) is 23.3 Å². The van der Waals surface area contributed by atoms with Crippen molar-refractivity contribution in [2.75, 3.05) is 13.7 Å². The second-order valence-electron chi connectivity index (χ2n) is 6.45. The second kappa shape index (κ2) is 9.41. The van der Waals surface area contributed by atoms with Crippen LogP contribution in [0, 0.1) is 0 Å². The number of nitrogens with zero attached hydrogens (tertiary/aromatic N) is 2. The summed E-state index contributed by atoms with van der Waals surface area (Å²) in [4.78, 5) is 0.134. The molecule has 0 spiro atoms. The van der Waals surface area contributed by atoms with E-state index < -0.39 is 15.9 Å². The van der Waals surface area contributed by atoms with Crippen LogP contribution < -0.4 is 10.5 Å². The highest BCUT2D eigenvalue weighted by molar-refractivity contribution is 7.91. The molecule has 0 bridgehead atoms. The van der Waals surface area contributed by atoms with Gasteiger partial charge in [-0.2, -0.15) is 5.10 Å². The molecule has 0 aliphatic rings. The molecule has 7 nitrogen and oxygen atoms in total. The van der Waals surface area contributed by atoms with Crippen LogP contribution in [0.1, 0.15) is 5.56 Å². The predicted octanol–water partition coefficient (Wildman–Crippen LogP) is 2.21. The van der Waals surface area contributed by atoms with Crippen molar-refractivity contribution in [3.05, 3.63) is 60.2 Å². The molecule has 0 fully saturated rings. The number of nitrogens with two attached hydrogens (primary N) is 1. The first-order valence-electron chi connectivity index (χ1n) is 8.75. The van der Waals surface area contributed by atoms with E-state index in [1.165, 1.54) is 23.9 Å². The van der Waals surface area contributed by atoms with Gasteiger partial charge in [0.05, 0.1) is 24.3 Å². The number of aryl methyl sites for hydroxylation is 1. The maximum atomic E-state index is 13.4. The fourth-order valence-electron chi connectivity index (χ4n) is 3.09. The molecule has 3 rings (SSSR count). The van der Waals surface area contributed by atoms with Crippen LogP contribution in [0.25, 0.3) is 11.3 Å². The third-order valence-corrected chi connectivity index (χ3v) is 6.37. The first kappa shape index (κ1) is 22.9. The normalized spacial score (nSPS) is 12.3. The van der Waals surface area contributed by atoms with Crippen molar-refractivity contribution in [3.63, 3.8) is 0 Å². The zero-order valence-corrected chi connectivity index (χ0v) is 17.8. The zero-order chi connectivity index (χ0) is 20.3. The Morgan fingerprint density at radius 2 is 1.76 bits per heavy atom. The van der Waals surface area contributed by atoms with Crippen molar-refractivity contribution in [3.8, 4) is 17.0 Å². The topological polar surface area (TPSA) is 107 Å². The summed E-state index contributed by atoms with van der Waals surface area (Å²) in [5.74, 6) is 0.566. The van der Waals surface area contributed by atoms with Crippen LogP contribution in [-0.4, -0.2) is 43.1 Å². The van der Waals surface area contributed by atoms with E-state index in [0.29, 0.717) is 17.0 Å². The lowest BCUT2D eigenvalue weighted by atomic mass is 10.0. The van der Waals surface area contributed by atoms with Gasteiger partial charge in [-0.25, -0.2) is 8.42 Å². The molecule has 0 amide bonds. The van der Waals surface area contributed by atoms with Gasteiger partial charge in [0.2, 0.25) is 9.84 Å². The van der Waals surface area contributed by atoms with Crippen molar-refractivity contribution in [1.29, 1.82) is 0 Å². The Balaban J connectivity index is 0.00000300. The molecule has 1 atom stereocenters. The van der Waals surface area contributed by atoms with Gasteiger partial charge in [0.25, 0.3) is 0 Å². The molecule has 9 heteroatoms. The van der Waals surface area contributed by atoms with Crippen LogP contribution >= 0.6 is 12.4 Å². The fraction of sp³-hybridized carbons (Fsp3) is 0.250. The summed E-state index contributed by atoms with van der Waals surface area (Å²) >= 11 is 0. The van der Waals surface area contributed by atoms with E-state index in [9.17, 15) is 13.5 Å². The van der Waals surface area contributed by atoms with Gasteiger partial charge < -0.3 is 15.6 Å². The van der Waals surface area contributed by atoms with E-state index >= 15 is 0 Å². The number of methoxy groups -OCH3 is 1. The van der Waals surface area contributed by atoms with E-state index in [2.05, 4.69) is 5.10 Å². The van der Waals surface area contributed by atoms with E-state index in [0.717, 1.165) is 5.56 Å². The first-order valence-corrected chi connectivity index (χ1v) is 10.2. The number of rotatable bonds is 7. The Labute approximate surface area is 176 Å². The predicted molar refractivity (Wildman–Crippen MR) is 113 cm³/mol. The maximum absolute atomic E-state index is 13.4. The summed E-state index contributed by atoms with van der Waals surface area (Å²) in [6, 6.07) is 14.9. The van der Waals surface area contributed by atoms with Crippen molar-refractivity contribution >= 4 is 22.2 Å². The Morgan fingerprint density at radius 3 is 2.31 bits per heavy atom. The average molecular weight is 438 g/mol. The van der Waals surface area contributed by atoms with Gasteiger partial charge >= 0.3 is 0 Å². The highest BCUT2D eigenvalue weighted by Gasteiger charge is 2.30. The summed E-state index contributed by atoms with van der Waals surface area (Å²) in [7, 11) is -0.746. The average Bonchev–Trinajstić information content (AvgIpc) is 3.05. The fourth-order valence-corrected chi connectivity index (χ4v) is 4.70. The third-order valence-electron chi connectivity index (χ3n) is 4.46. The molecule has 1 aromatic heterocycles. The van der Waals surface area contributed by atoms with Gasteiger partial charge in [-0.1, -0.05) is 30.3 Å². The number of hydrogen-bond donors (Lipinski definition) is 2. The number of aliphatic hydroxyl groups excluding tert-OH is 1. The first-order chi connectivity index (χ1) is 13.4. The quantitative estimate of drug-likeness (QED) is 0.586. The second-order valence-corrected chi connectivity index (χ2v) is 8.31. The summed E-state index contributed by atoms with van der Waals surface area (Å²) < 4.78 is 33.2. The molecule has 3 aromatic rings. The third kappa shape index (κ3) is 4.62. The van der Waals surface area contributed by atoms with Crippen LogP contribution in [0.4, 0.5) is 0 Å². The van der Waals surface area contributed by atoms with Gasteiger partial charge in [0.15, 0.2) is 5.03 Å². The van der Waals surface area contributed by atoms with Gasteiger partial charge in [0.1, 0.15) is 5.75 Å². The van der Waals surface area contributed by atoms with Gasteiger partial charge in [-0.05, 0) is 30.7 Å². The van der Waals surface area contributed by atoms with E-state index in [-0.39, 0.29) is 35.4 Å². The molecule has 2 aromatic carbocycles.